The van der Waals surface area contributed by atoms with Gasteiger partial charge in [0.15, 0.2) is 0 Å². The molecule has 2 heterocycles. The number of aromatic nitrogens is 2. The number of H-pyrrole nitrogens is 1. The second-order valence-corrected chi connectivity index (χ2v) is 14.5. The summed E-state index contributed by atoms with van der Waals surface area (Å²) in [6.45, 7) is 9.67. The minimum atomic E-state index is -4.60. The number of nitrogens with one attached hydrogen (secondary N) is 4. The second-order valence-electron chi connectivity index (χ2n) is 13.6. The lowest BCUT2D eigenvalue weighted by Crippen LogP contribution is -2.65. The Hall–Kier alpha value is -4.26. The zero-order valence-electron chi connectivity index (χ0n) is 29.5. The van der Waals surface area contributed by atoms with E-state index in [0.717, 1.165) is 29.6 Å². The molecule has 8 nitrogen and oxygen atoms in total. The molecular weight excluding hydrogens is 683 g/mol. The maximum Gasteiger partial charge on any atom is 0.418 e. The van der Waals surface area contributed by atoms with Crippen LogP contribution in [0.15, 0.2) is 47.8 Å². The monoisotopic (exact) mass is 727 g/mol. The highest BCUT2D eigenvalue weighted by molar-refractivity contribution is 7.09. The van der Waals surface area contributed by atoms with E-state index < -0.39 is 52.9 Å². The number of alkyl halides is 3. The number of aromatic amines is 1. The Balaban J connectivity index is 1.53. The topological polar surface area (TPSA) is 116 Å². The summed E-state index contributed by atoms with van der Waals surface area (Å²) >= 11 is 1.44. The molecule has 5 rings (SSSR count). The maximum absolute atomic E-state index is 14.7. The molecule has 0 spiro atoms. The molecule has 2 aromatic heterocycles. The van der Waals surface area contributed by atoms with Crippen LogP contribution in [0.3, 0.4) is 0 Å². The van der Waals surface area contributed by atoms with Crippen LogP contribution < -0.4 is 16.0 Å². The highest BCUT2D eigenvalue weighted by Crippen LogP contribution is 2.40. The van der Waals surface area contributed by atoms with Crippen molar-refractivity contribution in [2.45, 2.75) is 103 Å². The Morgan fingerprint density at radius 1 is 1.00 bits per heavy atom. The summed E-state index contributed by atoms with van der Waals surface area (Å²) in [5.41, 5.74) is -0.295. The molecule has 3 amide bonds. The first kappa shape index (κ1) is 38.0. The van der Waals surface area contributed by atoms with E-state index in [1.165, 1.54) is 35.6 Å². The number of carbonyl (C=O) groups is 3. The maximum atomic E-state index is 14.7. The van der Waals surface area contributed by atoms with Gasteiger partial charge in [-0.05, 0) is 54.4 Å². The first-order valence-corrected chi connectivity index (χ1v) is 18.4. The van der Waals surface area contributed by atoms with Crippen molar-refractivity contribution in [3.05, 3.63) is 86.7 Å². The summed E-state index contributed by atoms with van der Waals surface area (Å²) in [5.74, 6) is -2.59. The van der Waals surface area contributed by atoms with Gasteiger partial charge in [-0.1, -0.05) is 77.8 Å². The van der Waals surface area contributed by atoms with Gasteiger partial charge in [0.05, 0.1) is 29.2 Å². The summed E-state index contributed by atoms with van der Waals surface area (Å²) in [7, 11) is 0. The van der Waals surface area contributed by atoms with Gasteiger partial charge in [0.2, 0.25) is 17.7 Å². The van der Waals surface area contributed by atoms with Crippen molar-refractivity contribution < 1.29 is 31.9 Å². The number of rotatable bonds is 13. The van der Waals surface area contributed by atoms with Gasteiger partial charge in [0, 0.05) is 22.9 Å². The normalized spacial score (nSPS) is 18.4. The molecular formula is C38H45F4N5O3S. The van der Waals surface area contributed by atoms with Gasteiger partial charge < -0.3 is 20.9 Å². The van der Waals surface area contributed by atoms with E-state index in [-0.39, 0.29) is 48.6 Å². The van der Waals surface area contributed by atoms with Crippen LogP contribution in [-0.4, -0.2) is 39.3 Å². The van der Waals surface area contributed by atoms with Crippen LogP contribution in [0.2, 0.25) is 0 Å². The third-order valence-corrected chi connectivity index (χ3v) is 11.2. The van der Waals surface area contributed by atoms with E-state index >= 15 is 0 Å². The number of halogens is 4. The number of para-hydroxylation sites is 1. The van der Waals surface area contributed by atoms with Crippen LogP contribution in [0.5, 0.6) is 0 Å². The Morgan fingerprint density at radius 2 is 1.73 bits per heavy atom. The van der Waals surface area contributed by atoms with Crippen LogP contribution in [0, 0.1) is 17.7 Å². The third-order valence-electron chi connectivity index (χ3n) is 10.2. The first-order chi connectivity index (χ1) is 24.2. The summed E-state index contributed by atoms with van der Waals surface area (Å²) in [4.78, 5) is 49.9. The molecule has 5 atom stereocenters. The third kappa shape index (κ3) is 8.13. The predicted molar refractivity (Wildman–Crippen MR) is 190 cm³/mol. The van der Waals surface area contributed by atoms with Gasteiger partial charge in [-0.3, -0.25) is 14.4 Å². The van der Waals surface area contributed by atoms with E-state index in [9.17, 15) is 31.9 Å². The number of thiazole rings is 1. The predicted octanol–water partition coefficient (Wildman–Crippen LogP) is 7.37. The summed E-state index contributed by atoms with van der Waals surface area (Å²) in [6, 6.07) is 8.28. The highest BCUT2D eigenvalue weighted by atomic mass is 32.1. The van der Waals surface area contributed by atoms with Crippen molar-refractivity contribution in [3.63, 3.8) is 0 Å². The Kier molecular flexibility index (Phi) is 11.6. The smallest absolute Gasteiger partial charge is 0.358 e. The average molecular weight is 728 g/mol. The van der Waals surface area contributed by atoms with Crippen LogP contribution >= 0.6 is 11.3 Å². The molecule has 0 fully saturated rings. The standard InChI is InChI=1S/C38H45F4N5O3S/c1-6-21(4)31(45-30(48)18-23-12-9-10-15-28(23)39)34(49)47-37(36(50)46-32(22(5)7-2)35-43-24(8-3)20-51-35)17-16-29-26(19-37)25-13-11-14-27(33(25)44-29)38(40,41)42/h9-15,20-22,31-32,44H,6-8,16-19H2,1-5H3,(H,45,48)(H,46,50)(H,47,49)/t21-,22-,31-,32-,37+/m0/s1. The molecule has 0 saturated heterocycles. The molecule has 1 aliphatic carbocycles. The molecule has 0 unspecified atom stereocenters. The van der Waals surface area contributed by atoms with E-state index in [0.29, 0.717) is 23.1 Å². The summed E-state index contributed by atoms with van der Waals surface area (Å²) in [5, 5.41) is 12.0. The lowest BCUT2D eigenvalue weighted by atomic mass is 9.78. The molecule has 274 valence electrons. The van der Waals surface area contributed by atoms with Gasteiger partial charge in [-0.2, -0.15) is 13.2 Å². The molecule has 0 bridgehead atoms. The molecule has 0 radical (unpaired) electrons. The van der Waals surface area contributed by atoms with Crippen molar-refractivity contribution >= 4 is 40.0 Å². The van der Waals surface area contributed by atoms with E-state index in [1.54, 1.807) is 19.1 Å². The minimum absolute atomic E-state index is 0.0234. The van der Waals surface area contributed by atoms with Gasteiger partial charge in [0.25, 0.3) is 0 Å². The van der Waals surface area contributed by atoms with Crippen molar-refractivity contribution in [2.75, 3.05) is 0 Å². The first-order valence-electron chi connectivity index (χ1n) is 17.5. The molecule has 4 aromatic rings. The van der Waals surface area contributed by atoms with E-state index in [2.05, 4.69) is 20.9 Å². The lowest BCUT2D eigenvalue weighted by Gasteiger charge is -2.39. The molecule has 51 heavy (non-hydrogen) atoms. The number of amides is 3. The van der Waals surface area contributed by atoms with Crippen LogP contribution in [0.4, 0.5) is 17.6 Å². The molecule has 1 aliphatic rings. The SMILES string of the molecule is CCc1csc([C@@H](NC(=O)[C@@]2(NC(=O)[C@@H](NC(=O)Cc3ccccc3F)[C@@H](C)CC)CCc3[nH]c4c(C(F)(F)F)cccc4c3C2)[C@@H](C)CC)n1. The fourth-order valence-electron chi connectivity index (χ4n) is 6.71. The van der Waals surface area contributed by atoms with E-state index in [1.807, 2.05) is 33.1 Å². The Morgan fingerprint density at radius 3 is 2.37 bits per heavy atom. The molecule has 0 saturated carbocycles. The Bertz CT molecular complexity index is 1890. The van der Waals surface area contributed by atoms with Crippen molar-refractivity contribution in [1.82, 2.24) is 25.9 Å². The number of carbonyl (C=O) groups excluding carboxylic acids is 3. The summed E-state index contributed by atoms with van der Waals surface area (Å²) < 4.78 is 56.5. The quantitative estimate of drug-likeness (QED) is 0.108. The molecule has 2 aromatic carbocycles. The molecule has 4 N–H and O–H groups in total. The van der Waals surface area contributed by atoms with Crippen molar-refractivity contribution in [3.8, 4) is 0 Å². The molecule has 0 aliphatic heterocycles. The zero-order chi connectivity index (χ0) is 37.1. The fraction of sp³-hybridized carbons (Fsp3) is 0.474. The number of hydrogen-bond donors (Lipinski definition) is 4. The van der Waals surface area contributed by atoms with Crippen molar-refractivity contribution in [1.29, 1.82) is 0 Å². The van der Waals surface area contributed by atoms with Gasteiger partial charge in [-0.15, -0.1) is 11.3 Å². The number of benzene rings is 2. The van der Waals surface area contributed by atoms with Crippen LogP contribution in [0.1, 0.15) is 93.0 Å². The number of nitrogens with zero attached hydrogens (tertiary/aromatic N) is 1. The van der Waals surface area contributed by atoms with Crippen molar-refractivity contribution in [2.24, 2.45) is 11.8 Å². The van der Waals surface area contributed by atoms with Crippen LogP contribution in [0.25, 0.3) is 10.9 Å². The number of fused-ring (bicyclic) bond motifs is 3. The van der Waals surface area contributed by atoms with Gasteiger partial charge in [-0.25, -0.2) is 9.37 Å². The second kappa shape index (κ2) is 15.5. The number of aryl methyl sites for hydroxylation is 2. The highest BCUT2D eigenvalue weighted by Gasteiger charge is 2.47. The van der Waals surface area contributed by atoms with Gasteiger partial charge >= 0.3 is 6.18 Å². The fourth-order valence-corrected chi connectivity index (χ4v) is 7.79. The molecule has 13 heteroatoms. The van der Waals surface area contributed by atoms with E-state index in [4.69, 9.17) is 4.98 Å². The lowest BCUT2D eigenvalue weighted by molar-refractivity contribution is -0.137. The largest absolute Gasteiger partial charge is 0.418 e. The number of hydrogen-bond acceptors (Lipinski definition) is 5. The average Bonchev–Trinajstić information content (AvgIpc) is 3.73. The minimum Gasteiger partial charge on any atom is -0.358 e. The van der Waals surface area contributed by atoms with Crippen LogP contribution in [-0.2, 0) is 46.2 Å². The van der Waals surface area contributed by atoms with Gasteiger partial charge in [0.1, 0.15) is 22.4 Å². The summed E-state index contributed by atoms with van der Waals surface area (Å²) in [6.07, 6.45) is -2.74. The zero-order valence-corrected chi connectivity index (χ0v) is 30.3. The Labute approximate surface area is 299 Å².